The number of nitrogens with two attached hydrogens (primary N) is 1. The lowest BCUT2D eigenvalue weighted by Crippen LogP contribution is -1.99. The van der Waals surface area contributed by atoms with Gasteiger partial charge in [0.1, 0.15) is 6.07 Å². The third-order valence-corrected chi connectivity index (χ3v) is 4.15. The molecule has 0 spiro atoms. The van der Waals surface area contributed by atoms with Crippen molar-refractivity contribution < 1.29 is 0 Å². The Hall–Kier alpha value is -1.90. The standard InChI is InChI=1S/C15H16N4S/c1-9-10(2)18-15(19-11(9)3)20-14-5-4-12(7-16)6-13(14)8-17/h4-6H,7,16H2,1-3H3. The average molecular weight is 284 g/mol. The van der Waals surface area contributed by atoms with E-state index in [1.165, 1.54) is 11.8 Å². The van der Waals surface area contributed by atoms with Gasteiger partial charge in [0.25, 0.3) is 0 Å². The van der Waals surface area contributed by atoms with Crippen LogP contribution >= 0.6 is 11.8 Å². The van der Waals surface area contributed by atoms with Crippen molar-refractivity contribution in [1.29, 1.82) is 5.26 Å². The number of hydrogen-bond donors (Lipinski definition) is 1. The summed E-state index contributed by atoms with van der Waals surface area (Å²) in [7, 11) is 0. The predicted octanol–water partition coefficient (Wildman–Crippen LogP) is 2.88. The Labute approximate surface area is 123 Å². The van der Waals surface area contributed by atoms with Gasteiger partial charge in [0.2, 0.25) is 0 Å². The van der Waals surface area contributed by atoms with Gasteiger partial charge < -0.3 is 5.73 Å². The first-order valence-electron chi connectivity index (χ1n) is 6.28. The maximum atomic E-state index is 9.22. The van der Waals surface area contributed by atoms with Crippen LogP contribution in [0.4, 0.5) is 0 Å². The molecule has 1 aromatic carbocycles. The fourth-order valence-electron chi connectivity index (χ4n) is 1.77. The van der Waals surface area contributed by atoms with Crippen molar-refractivity contribution >= 4 is 11.8 Å². The molecular formula is C15H16N4S. The van der Waals surface area contributed by atoms with Crippen LogP contribution in [0.15, 0.2) is 28.3 Å². The number of rotatable bonds is 3. The van der Waals surface area contributed by atoms with Crippen molar-refractivity contribution in [2.75, 3.05) is 0 Å². The number of aromatic nitrogens is 2. The van der Waals surface area contributed by atoms with E-state index >= 15 is 0 Å². The number of aryl methyl sites for hydroxylation is 2. The highest BCUT2D eigenvalue weighted by Crippen LogP contribution is 2.29. The first-order chi connectivity index (χ1) is 9.55. The molecule has 0 aliphatic carbocycles. The lowest BCUT2D eigenvalue weighted by Gasteiger charge is -2.08. The van der Waals surface area contributed by atoms with Crippen LogP contribution in [0.25, 0.3) is 0 Å². The zero-order valence-electron chi connectivity index (χ0n) is 11.8. The lowest BCUT2D eigenvalue weighted by atomic mass is 10.1. The molecule has 2 aromatic rings. The van der Waals surface area contributed by atoms with Gasteiger partial charge in [0, 0.05) is 22.8 Å². The molecule has 0 bridgehead atoms. The summed E-state index contributed by atoms with van der Waals surface area (Å²) >= 11 is 1.41. The molecule has 4 nitrogen and oxygen atoms in total. The van der Waals surface area contributed by atoms with Crippen molar-refractivity contribution in [3.63, 3.8) is 0 Å². The van der Waals surface area contributed by atoms with Crippen molar-refractivity contribution in [1.82, 2.24) is 9.97 Å². The molecular weight excluding hydrogens is 268 g/mol. The van der Waals surface area contributed by atoms with E-state index in [0.29, 0.717) is 17.3 Å². The van der Waals surface area contributed by atoms with Crippen LogP contribution in [0.2, 0.25) is 0 Å². The first-order valence-corrected chi connectivity index (χ1v) is 7.09. The summed E-state index contributed by atoms with van der Waals surface area (Å²) in [6.07, 6.45) is 0. The van der Waals surface area contributed by atoms with Crippen LogP contribution in [0.5, 0.6) is 0 Å². The minimum Gasteiger partial charge on any atom is -0.326 e. The second-order valence-corrected chi connectivity index (χ2v) is 5.56. The molecule has 1 heterocycles. The highest BCUT2D eigenvalue weighted by Gasteiger charge is 2.10. The summed E-state index contributed by atoms with van der Waals surface area (Å²) in [6, 6.07) is 7.84. The Morgan fingerprint density at radius 2 is 1.85 bits per heavy atom. The van der Waals surface area contributed by atoms with Crippen molar-refractivity contribution in [3.8, 4) is 6.07 Å². The van der Waals surface area contributed by atoms with Crippen LogP contribution < -0.4 is 5.73 Å². The summed E-state index contributed by atoms with van der Waals surface area (Å²) < 4.78 is 0. The molecule has 0 atom stereocenters. The largest absolute Gasteiger partial charge is 0.326 e. The molecule has 0 radical (unpaired) electrons. The van der Waals surface area contributed by atoms with Gasteiger partial charge in [-0.15, -0.1) is 0 Å². The minimum atomic E-state index is 0.429. The van der Waals surface area contributed by atoms with E-state index in [0.717, 1.165) is 27.4 Å². The molecule has 2 N–H and O–H groups in total. The van der Waals surface area contributed by atoms with Gasteiger partial charge in [-0.2, -0.15) is 5.26 Å². The molecule has 0 amide bonds. The second-order valence-electron chi connectivity index (χ2n) is 4.55. The first kappa shape index (κ1) is 14.5. The maximum absolute atomic E-state index is 9.22. The van der Waals surface area contributed by atoms with E-state index in [-0.39, 0.29) is 0 Å². The van der Waals surface area contributed by atoms with Crippen LogP contribution in [-0.2, 0) is 6.54 Å². The Bertz CT molecular complexity index is 666. The van der Waals surface area contributed by atoms with E-state index in [1.54, 1.807) is 0 Å². The highest BCUT2D eigenvalue weighted by atomic mass is 32.2. The van der Waals surface area contributed by atoms with Crippen molar-refractivity contribution in [2.24, 2.45) is 5.73 Å². The molecule has 0 fully saturated rings. The quantitative estimate of drug-likeness (QED) is 0.877. The molecule has 0 aliphatic heterocycles. The molecule has 20 heavy (non-hydrogen) atoms. The van der Waals surface area contributed by atoms with E-state index < -0.39 is 0 Å². The van der Waals surface area contributed by atoms with Crippen LogP contribution in [0.3, 0.4) is 0 Å². The van der Waals surface area contributed by atoms with E-state index in [4.69, 9.17) is 5.73 Å². The highest BCUT2D eigenvalue weighted by molar-refractivity contribution is 7.99. The fraction of sp³-hybridized carbons (Fsp3) is 0.267. The zero-order chi connectivity index (χ0) is 14.7. The number of nitriles is 1. The number of hydrogen-bond acceptors (Lipinski definition) is 5. The molecule has 0 unspecified atom stereocenters. The third-order valence-electron chi connectivity index (χ3n) is 3.21. The zero-order valence-corrected chi connectivity index (χ0v) is 12.6. The molecule has 102 valence electrons. The van der Waals surface area contributed by atoms with Gasteiger partial charge in [-0.05, 0) is 55.8 Å². The normalized spacial score (nSPS) is 10.3. The molecule has 5 heteroatoms. The molecule has 0 saturated carbocycles. The fourth-order valence-corrected chi connectivity index (χ4v) is 2.68. The lowest BCUT2D eigenvalue weighted by molar-refractivity contribution is 0.880. The van der Waals surface area contributed by atoms with Crippen molar-refractivity contribution in [3.05, 3.63) is 46.3 Å². The van der Waals surface area contributed by atoms with E-state index in [2.05, 4.69) is 16.0 Å². The maximum Gasteiger partial charge on any atom is 0.192 e. The summed E-state index contributed by atoms with van der Waals surface area (Å²) in [5, 5.41) is 9.89. The Kier molecular flexibility index (Phi) is 4.38. The Morgan fingerprint density at radius 3 is 2.40 bits per heavy atom. The van der Waals surface area contributed by atoms with Gasteiger partial charge in [-0.25, -0.2) is 9.97 Å². The second kappa shape index (κ2) is 6.04. The Morgan fingerprint density at radius 1 is 1.20 bits per heavy atom. The van der Waals surface area contributed by atoms with Crippen LogP contribution in [0.1, 0.15) is 28.1 Å². The molecule has 1 aromatic heterocycles. The molecule has 0 saturated heterocycles. The van der Waals surface area contributed by atoms with E-state index in [1.807, 2.05) is 39.0 Å². The van der Waals surface area contributed by atoms with Gasteiger partial charge in [0.15, 0.2) is 5.16 Å². The van der Waals surface area contributed by atoms with Gasteiger partial charge in [-0.1, -0.05) is 6.07 Å². The summed E-state index contributed by atoms with van der Waals surface area (Å²) in [4.78, 5) is 9.78. The minimum absolute atomic E-state index is 0.429. The van der Waals surface area contributed by atoms with Crippen molar-refractivity contribution in [2.45, 2.75) is 37.4 Å². The third kappa shape index (κ3) is 2.98. The monoisotopic (exact) mass is 284 g/mol. The average Bonchev–Trinajstić information content (AvgIpc) is 2.45. The van der Waals surface area contributed by atoms with Gasteiger partial charge in [-0.3, -0.25) is 0 Å². The summed E-state index contributed by atoms with van der Waals surface area (Å²) in [5.74, 6) is 0. The molecule has 2 rings (SSSR count). The molecule has 0 aliphatic rings. The van der Waals surface area contributed by atoms with Crippen LogP contribution in [0, 0.1) is 32.1 Å². The van der Waals surface area contributed by atoms with Gasteiger partial charge >= 0.3 is 0 Å². The van der Waals surface area contributed by atoms with Crippen LogP contribution in [-0.4, -0.2) is 9.97 Å². The SMILES string of the molecule is Cc1nc(Sc2ccc(CN)cc2C#N)nc(C)c1C. The summed E-state index contributed by atoms with van der Waals surface area (Å²) in [5.41, 5.74) is 10.2. The number of benzene rings is 1. The predicted molar refractivity (Wildman–Crippen MR) is 79.4 cm³/mol. The summed E-state index contributed by atoms with van der Waals surface area (Å²) in [6.45, 7) is 6.38. The Balaban J connectivity index is 2.38. The number of nitrogens with zero attached hydrogens (tertiary/aromatic N) is 3. The van der Waals surface area contributed by atoms with E-state index in [9.17, 15) is 5.26 Å². The smallest absolute Gasteiger partial charge is 0.192 e. The van der Waals surface area contributed by atoms with Gasteiger partial charge in [0.05, 0.1) is 5.56 Å². The topological polar surface area (TPSA) is 75.6 Å².